The zero-order valence-electron chi connectivity index (χ0n) is 14.0. The Bertz CT molecular complexity index is 702. The van der Waals surface area contributed by atoms with Crippen molar-refractivity contribution in [2.45, 2.75) is 37.2 Å². The lowest BCUT2D eigenvalue weighted by Gasteiger charge is -2.38. The topological polar surface area (TPSA) is 47.4 Å². The Morgan fingerprint density at radius 3 is 2.96 bits per heavy atom. The maximum absolute atomic E-state index is 12.4. The van der Waals surface area contributed by atoms with E-state index in [1.165, 1.54) is 5.56 Å². The Morgan fingerprint density at radius 1 is 1.46 bits per heavy atom. The number of amides is 1. The smallest absolute Gasteiger partial charge is 0.227 e. The molecule has 2 fully saturated rings. The molecular formula is C18H23N3O2S. The highest BCUT2D eigenvalue weighted by Gasteiger charge is 2.43. The van der Waals surface area contributed by atoms with Crippen molar-refractivity contribution in [2.24, 2.45) is 7.05 Å². The van der Waals surface area contributed by atoms with Crippen LogP contribution in [0.15, 0.2) is 29.2 Å². The molecule has 2 aliphatic rings. The highest BCUT2D eigenvalue weighted by Crippen LogP contribution is 2.42. The zero-order chi connectivity index (χ0) is 16.6. The summed E-state index contributed by atoms with van der Waals surface area (Å²) in [6, 6.07) is 2.03. The first kappa shape index (κ1) is 15.8. The van der Waals surface area contributed by atoms with E-state index in [0.29, 0.717) is 12.3 Å². The normalized spacial score (nSPS) is 23.0. The predicted molar refractivity (Wildman–Crippen MR) is 93.1 cm³/mol. The number of aromatic nitrogens is 2. The van der Waals surface area contributed by atoms with Gasteiger partial charge in [0, 0.05) is 32.3 Å². The molecule has 128 valence electrons. The van der Waals surface area contributed by atoms with E-state index < -0.39 is 0 Å². The van der Waals surface area contributed by atoms with Gasteiger partial charge in [0.2, 0.25) is 5.91 Å². The second kappa shape index (κ2) is 6.33. The minimum atomic E-state index is -0.0420. The summed E-state index contributed by atoms with van der Waals surface area (Å²) in [4.78, 5) is 14.4. The third kappa shape index (κ3) is 3.13. The monoisotopic (exact) mass is 345 g/mol. The molecule has 2 aromatic rings. The van der Waals surface area contributed by atoms with E-state index in [-0.39, 0.29) is 11.5 Å². The largest absolute Gasteiger partial charge is 0.374 e. The van der Waals surface area contributed by atoms with Gasteiger partial charge in [0.1, 0.15) is 0 Å². The van der Waals surface area contributed by atoms with Gasteiger partial charge in [-0.1, -0.05) is 0 Å². The van der Waals surface area contributed by atoms with Crippen LogP contribution in [0, 0.1) is 0 Å². The second-order valence-electron chi connectivity index (χ2n) is 7.03. The van der Waals surface area contributed by atoms with Gasteiger partial charge in [-0.05, 0) is 47.2 Å². The van der Waals surface area contributed by atoms with Crippen LogP contribution in [0.1, 0.15) is 36.3 Å². The molecule has 6 heteroatoms. The number of piperidine rings is 1. The fourth-order valence-corrected chi connectivity index (χ4v) is 4.57. The van der Waals surface area contributed by atoms with Crippen molar-refractivity contribution < 1.29 is 9.53 Å². The van der Waals surface area contributed by atoms with Crippen LogP contribution in [0.2, 0.25) is 0 Å². The van der Waals surface area contributed by atoms with Crippen molar-refractivity contribution in [1.82, 2.24) is 14.7 Å². The summed E-state index contributed by atoms with van der Waals surface area (Å²) in [5.41, 5.74) is 2.35. The van der Waals surface area contributed by atoms with Crippen LogP contribution in [0.5, 0.6) is 0 Å². The lowest BCUT2D eigenvalue weighted by Crippen LogP contribution is -2.46. The average molecular weight is 345 g/mol. The number of carbonyl (C=O) groups excluding carboxylic acids is 1. The Morgan fingerprint density at radius 2 is 2.29 bits per heavy atom. The number of hydrogen-bond donors (Lipinski definition) is 0. The van der Waals surface area contributed by atoms with Crippen LogP contribution in [-0.2, 0) is 23.0 Å². The lowest BCUT2D eigenvalue weighted by molar-refractivity contribution is -0.135. The molecule has 1 spiro atoms. The van der Waals surface area contributed by atoms with E-state index >= 15 is 0 Å². The van der Waals surface area contributed by atoms with Gasteiger partial charge in [0.15, 0.2) is 0 Å². The molecule has 4 rings (SSSR count). The first-order valence-corrected chi connectivity index (χ1v) is 9.49. The Hall–Kier alpha value is -1.66. The molecular weight excluding hydrogens is 322 g/mol. The lowest BCUT2D eigenvalue weighted by atomic mass is 9.84. The molecule has 0 N–H and O–H groups in total. The number of thiophene rings is 1. The number of rotatable bonds is 3. The number of likely N-dealkylation sites (tertiary alicyclic amines) is 1. The number of carbonyl (C=O) groups is 1. The summed E-state index contributed by atoms with van der Waals surface area (Å²) >= 11 is 1.65. The van der Waals surface area contributed by atoms with Gasteiger partial charge in [-0.25, -0.2) is 0 Å². The van der Waals surface area contributed by atoms with E-state index in [2.05, 4.69) is 16.7 Å². The van der Waals surface area contributed by atoms with Gasteiger partial charge in [-0.2, -0.15) is 16.4 Å². The van der Waals surface area contributed by atoms with Crippen LogP contribution in [0.4, 0.5) is 0 Å². The first-order valence-electron chi connectivity index (χ1n) is 8.55. The molecule has 24 heavy (non-hydrogen) atoms. The SMILES string of the molecule is Cn1cc(C2COC3(CCN(C(=O)Cc4ccsc4)CC3)C2)cn1. The van der Waals surface area contributed by atoms with Crippen molar-refractivity contribution >= 4 is 17.2 Å². The van der Waals surface area contributed by atoms with Crippen molar-refractivity contribution in [3.8, 4) is 0 Å². The quantitative estimate of drug-likeness (QED) is 0.859. The average Bonchev–Trinajstić information content (AvgIpc) is 3.30. The van der Waals surface area contributed by atoms with Crippen molar-refractivity contribution in [3.63, 3.8) is 0 Å². The number of ether oxygens (including phenoxy) is 1. The van der Waals surface area contributed by atoms with Crippen LogP contribution >= 0.6 is 11.3 Å². The minimum Gasteiger partial charge on any atom is -0.374 e. The highest BCUT2D eigenvalue weighted by molar-refractivity contribution is 7.07. The van der Waals surface area contributed by atoms with E-state index in [1.807, 2.05) is 34.3 Å². The van der Waals surface area contributed by atoms with E-state index in [1.54, 1.807) is 11.3 Å². The predicted octanol–water partition coefficient (Wildman–Crippen LogP) is 2.59. The molecule has 0 bridgehead atoms. The summed E-state index contributed by atoms with van der Waals surface area (Å²) in [7, 11) is 1.95. The van der Waals surface area contributed by atoms with Crippen molar-refractivity contribution in [1.29, 1.82) is 0 Å². The van der Waals surface area contributed by atoms with Gasteiger partial charge in [-0.15, -0.1) is 0 Å². The summed E-state index contributed by atoms with van der Waals surface area (Å²) in [6.45, 7) is 2.39. The molecule has 4 heterocycles. The molecule has 0 radical (unpaired) electrons. The summed E-state index contributed by atoms with van der Waals surface area (Å²) in [5, 5.41) is 8.36. The second-order valence-corrected chi connectivity index (χ2v) is 7.81. The number of hydrogen-bond acceptors (Lipinski definition) is 4. The van der Waals surface area contributed by atoms with Gasteiger partial charge >= 0.3 is 0 Å². The third-order valence-electron chi connectivity index (χ3n) is 5.37. The molecule has 2 aromatic heterocycles. The summed E-state index contributed by atoms with van der Waals surface area (Å²) in [5.74, 6) is 0.678. The van der Waals surface area contributed by atoms with Crippen LogP contribution in [0.25, 0.3) is 0 Å². The van der Waals surface area contributed by atoms with Gasteiger partial charge < -0.3 is 9.64 Å². The van der Waals surface area contributed by atoms with Crippen LogP contribution in [0.3, 0.4) is 0 Å². The standard InChI is InChI=1S/C18H23N3O2S/c1-20-11-16(10-19-20)15-9-18(23-12-15)3-5-21(6-4-18)17(22)8-14-2-7-24-13-14/h2,7,10-11,13,15H,3-6,8-9,12H2,1H3. The Kier molecular flexibility index (Phi) is 4.18. The van der Waals surface area contributed by atoms with E-state index in [4.69, 9.17) is 4.74 Å². The molecule has 2 saturated heterocycles. The van der Waals surface area contributed by atoms with Gasteiger partial charge in [0.05, 0.1) is 24.8 Å². The number of aryl methyl sites for hydroxylation is 1. The molecule has 0 saturated carbocycles. The fraction of sp³-hybridized carbons (Fsp3) is 0.556. The van der Waals surface area contributed by atoms with E-state index in [9.17, 15) is 4.79 Å². The van der Waals surface area contributed by atoms with Crippen molar-refractivity contribution in [3.05, 3.63) is 40.3 Å². The summed E-state index contributed by atoms with van der Waals surface area (Å²) in [6.07, 6.45) is 7.50. The molecule has 1 amide bonds. The molecule has 1 unspecified atom stereocenters. The maximum atomic E-state index is 12.4. The molecule has 1 atom stereocenters. The molecule has 0 aromatic carbocycles. The van der Waals surface area contributed by atoms with Crippen LogP contribution < -0.4 is 0 Å². The van der Waals surface area contributed by atoms with Crippen molar-refractivity contribution in [2.75, 3.05) is 19.7 Å². The molecule has 5 nitrogen and oxygen atoms in total. The third-order valence-corrected chi connectivity index (χ3v) is 6.10. The van der Waals surface area contributed by atoms with E-state index in [0.717, 1.165) is 44.5 Å². The minimum absolute atomic E-state index is 0.0420. The number of nitrogens with zero attached hydrogens (tertiary/aromatic N) is 3. The zero-order valence-corrected chi connectivity index (χ0v) is 14.8. The highest BCUT2D eigenvalue weighted by atomic mass is 32.1. The fourth-order valence-electron chi connectivity index (χ4n) is 3.90. The van der Waals surface area contributed by atoms with Crippen LogP contribution in [-0.4, -0.2) is 45.9 Å². The first-order chi connectivity index (χ1) is 11.6. The van der Waals surface area contributed by atoms with Gasteiger partial charge in [0.25, 0.3) is 0 Å². The Labute approximate surface area is 146 Å². The van der Waals surface area contributed by atoms with Gasteiger partial charge in [-0.3, -0.25) is 9.48 Å². The molecule has 0 aliphatic carbocycles. The molecule has 2 aliphatic heterocycles. The maximum Gasteiger partial charge on any atom is 0.227 e. The Balaban J connectivity index is 1.33. The summed E-state index contributed by atoms with van der Waals surface area (Å²) < 4.78 is 8.07.